The Bertz CT molecular complexity index is 1120. The normalized spacial score (nSPS) is 21.3. The van der Waals surface area contributed by atoms with E-state index in [9.17, 15) is 26.4 Å². The van der Waals surface area contributed by atoms with Crippen molar-refractivity contribution >= 4 is 54.9 Å². The second-order valence-corrected chi connectivity index (χ2v) is 12.4. The van der Waals surface area contributed by atoms with E-state index in [4.69, 9.17) is 32.7 Å². The van der Waals surface area contributed by atoms with Crippen molar-refractivity contribution in [3.05, 3.63) is 27.7 Å². The van der Waals surface area contributed by atoms with E-state index in [1.165, 1.54) is 16.3 Å². The topological polar surface area (TPSA) is 127 Å². The van der Waals surface area contributed by atoms with Crippen LogP contribution in [0.25, 0.3) is 0 Å². The average molecular weight is 529 g/mol. The number of morpholine rings is 1. The minimum atomic E-state index is -4.01. The van der Waals surface area contributed by atoms with Crippen LogP contribution in [0.4, 0.5) is 0 Å². The largest absolute Gasteiger partial charge is 0.452 e. The lowest BCUT2D eigenvalue weighted by Gasteiger charge is -2.26. The van der Waals surface area contributed by atoms with E-state index < -0.39 is 44.4 Å². The van der Waals surface area contributed by atoms with E-state index >= 15 is 0 Å². The van der Waals surface area contributed by atoms with Crippen LogP contribution in [0.15, 0.2) is 17.0 Å². The number of rotatable bonds is 6. The number of nitrogens with zero attached hydrogens (tertiary/aromatic N) is 2. The highest BCUT2D eigenvalue weighted by Gasteiger charge is 2.34. The van der Waals surface area contributed by atoms with E-state index in [1.54, 1.807) is 0 Å². The lowest BCUT2D eigenvalue weighted by molar-refractivity contribution is -0.134. The van der Waals surface area contributed by atoms with Crippen LogP contribution < -0.4 is 0 Å². The zero-order valence-electron chi connectivity index (χ0n) is 17.1. The summed E-state index contributed by atoms with van der Waals surface area (Å²) in [6, 6.07) is 1.66. The number of sulfonamides is 1. The number of ether oxygens (including phenoxy) is 2. The molecule has 0 radical (unpaired) electrons. The summed E-state index contributed by atoms with van der Waals surface area (Å²) in [4.78, 5) is 25.8. The Morgan fingerprint density at radius 1 is 1.22 bits per heavy atom. The summed E-state index contributed by atoms with van der Waals surface area (Å²) in [5, 5.41) is -0.292. The number of carbonyl (C=O) groups is 2. The predicted molar refractivity (Wildman–Crippen MR) is 116 cm³/mol. The zero-order valence-corrected chi connectivity index (χ0v) is 20.3. The number of esters is 1. The standard InChI is InChI=1S/C18H22Cl2N2O8S2/c1-21(12-2-7-31(25,26)11-12)17(23)10-30-18(24)13-8-16(15(20)9-14(13)19)32(27,28)22-3-5-29-6-4-22/h8-9,12H,2-7,10-11H2,1H3/t12-/m0/s1. The first-order valence-corrected chi connectivity index (χ1v) is 13.6. The summed E-state index contributed by atoms with van der Waals surface area (Å²) < 4.78 is 60.4. The molecule has 32 heavy (non-hydrogen) atoms. The summed E-state index contributed by atoms with van der Waals surface area (Å²) in [7, 11) is -5.76. The Labute approximate surface area is 196 Å². The van der Waals surface area contributed by atoms with Crippen LogP contribution in [0.3, 0.4) is 0 Å². The van der Waals surface area contributed by atoms with Gasteiger partial charge in [0.05, 0.1) is 40.3 Å². The fourth-order valence-electron chi connectivity index (χ4n) is 3.40. The minimum Gasteiger partial charge on any atom is -0.452 e. The summed E-state index contributed by atoms with van der Waals surface area (Å²) in [6.07, 6.45) is 0.310. The van der Waals surface area contributed by atoms with Gasteiger partial charge in [0.25, 0.3) is 5.91 Å². The van der Waals surface area contributed by atoms with Crippen molar-refractivity contribution in [3.63, 3.8) is 0 Å². The van der Waals surface area contributed by atoms with Crippen molar-refractivity contribution in [3.8, 4) is 0 Å². The maximum absolute atomic E-state index is 12.9. The summed E-state index contributed by atoms with van der Waals surface area (Å²) >= 11 is 12.2. The molecule has 2 fully saturated rings. The van der Waals surface area contributed by atoms with Crippen LogP contribution in [0, 0.1) is 0 Å². The molecule has 0 unspecified atom stereocenters. The Kier molecular flexibility index (Phi) is 7.73. The van der Waals surface area contributed by atoms with Crippen LogP contribution >= 0.6 is 23.2 Å². The van der Waals surface area contributed by atoms with Gasteiger partial charge in [0.1, 0.15) is 4.90 Å². The van der Waals surface area contributed by atoms with Gasteiger partial charge in [-0.05, 0) is 18.6 Å². The van der Waals surface area contributed by atoms with Crippen molar-refractivity contribution in [2.75, 3.05) is 51.5 Å². The number of benzene rings is 1. The summed E-state index contributed by atoms with van der Waals surface area (Å²) in [5.74, 6) is -1.75. The monoisotopic (exact) mass is 528 g/mol. The first-order valence-electron chi connectivity index (χ1n) is 9.62. The molecule has 1 aromatic carbocycles. The van der Waals surface area contributed by atoms with E-state index in [0.717, 1.165) is 12.1 Å². The number of likely N-dealkylation sites (N-methyl/N-ethyl adjacent to an activating group) is 1. The molecule has 2 aliphatic heterocycles. The van der Waals surface area contributed by atoms with Crippen LogP contribution in [0.5, 0.6) is 0 Å². The third-order valence-corrected chi connectivity index (χ3v) is 9.73. The Hall–Kier alpha value is -1.44. The Balaban J connectivity index is 1.72. The number of hydrogen-bond acceptors (Lipinski definition) is 8. The zero-order chi connectivity index (χ0) is 23.7. The van der Waals surface area contributed by atoms with Gasteiger partial charge in [-0.1, -0.05) is 23.2 Å². The maximum atomic E-state index is 12.9. The molecular weight excluding hydrogens is 507 g/mol. The predicted octanol–water partition coefficient (Wildman–Crippen LogP) is 0.817. The molecule has 14 heteroatoms. The van der Waals surface area contributed by atoms with Crippen molar-refractivity contribution in [1.29, 1.82) is 0 Å². The maximum Gasteiger partial charge on any atom is 0.340 e. The minimum absolute atomic E-state index is 0.00412. The third-order valence-electron chi connectivity index (χ3n) is 5.31. The van der Waals surface area contributed by atoms with Gasteiger partial charge in [-0.15, -0.1) is 0 Å². The van der Waals surface area contributed by atoms with Crippen molar-refractivity contribution in [2.45, 2.75) is 17.4 Å². The van der Waals surface area contributed by atoms with Crippen LogP contribution in [0.2, 0.25) is 10.0 Å². The molecule has 0 spiro atoms. The molecular formula is C18H22Cl2N2O8S2. The fourth-order valence-corrected chi connectivity index (χ4v) is 7.41. The highest BCUT2D eigenvalue weighted by atomic mass is 35.5. The molecule has 2 saturated heterocycles. The number of hydrogen-bond donors (Lipinski definition) is 0. The van der Waals surface area contributed by atoms with Gasteiger partial charge in [0, 0.05) is 26.2 Å². The third kappa shape index (κ3) is 5.54. The summed E-state index contributed by atoms with van der Waals surface area (Å²) in [6.45, 7) is 0.0858. The van der Waals surface area contributed by atoms with Gasteiger partial charge >= 0.3 is 5.97 Å². The van der Waals surface area contributed by atoms with Crippen LogP contribution in [-0.4, -0.2) is 95.4 Å². The molecule has 1 aromatic rings. The Morgan fingerprint density at radius 2 is 1.88 bits per heavy atom. The number of carbonyl (C=O) groups excluding carboxylic acids is 2. The molecule has 0 aromatic heterocycles. The van der Waals surface area contributed by atoms with Crippen molar-refractivity contribution in [2.24, 2.45) is 0 Å². The molecule has 3 rings (SSSR count). The second-order valence-electron chi connectivity index (χ2n) is 7.42. The lowest BCUT2D eigenvalue weighted by Crippen LogP contribution is -2.41. The van der Waals surface area contributed by atoms with Gasteiger partial charge in [0.2, 0.25) is 10.0 Å². The Morgan fingerprint density at radius 3 is 2.47 bits per heavy atom. The van der Waals surface area contributed by atoms with E-state index in [1.807, 2.05) is 0 Å². The molecule has 10 nitrogen and oxygen atoms in total. The fraction of sp³-hybridized carbons (Fsp3) is 0.556. The quantitative estimate of drug-likeness (QED) is 0.496. The van der Waals surface area contributed by atoms with Gasteiger partial charge in [-0.25, -0.2) is 21.6 Å². The molecule has 178 valence electrons. The van der Waals surface area contributed by atoms with Crippen molar-refractivity contribution in [1.82, 2.24) is 9.21 Å². The number of halogens is 2. The number of amides is 1. The molecule has 0 aliphatic carbocycles. The van der Waals surface area contributed by atoms with Crippen LogP contribution in [-0.2, 0) is 34.1 Å². The summed E-state index contributed by atoms with van der Waals surface area (Å²) in [5.41, 5.74) is -0.262. The first kappa shape index (κ1) is 25.2. The SMILES string of the molecule is CN(C(=O)COC(=O)c1cc(S(=O)(=O)N2CCOCC2)c(Cl)cc1Cl)[C@H]1CCS(=O)(=O)C1. The first-order chi connectivity index (χ1) is 14.9. The second kappa shape index (κ2) is 9.82. The highest BCUT2D eigenvalue weighted by Crippen LogP contribution is 2.31. The molecule has 0 saturated carbocycles. The average Bonchev–Trinajstić information content (AvgIpc) is 3.11. The van der Waals surface area contributed by atoms with Crippen molar-refractivity contribution < 1.29 is 35.9 Å². The van der Waals surface area contributed by atoms with E-state index in [0.29, 0.717) is 6.42 Å². The molecule has 2 heterocycles. The molecule has 2 aliphatic rings. The molecule has 1 amide bonds. The van der Waals surface area contributed by atoms with E-state index in [-0.39, 0.29) is 58.3 Å². The lowest BCUT2D eigenvalue weighted by atomic mass is 10.2. The van der Waals surface area contributed by atoms with E-state index in [2.05, 4.69) is 0 Å². The molecule has 0 N–H and O–H groups in total. The number of sulfone groups is 1. The smallest absolute Gasteiger partial charge is 0.340 e. The van der Waals surface area contributed by atoms with Gasteiger partial charge in [-0.2, -0.15) is 4.31 Å². The van der Waals surface area contributed by atoms with Crippen LogP contribution in [0.1, 0.15) is 16.8 Å². The van der Waals surface area contributed by atoms with Gasteiger partial charge < -0.3 is 14.4 Å². The van der Waals surface area contributed by atoms with Gasteiger partial charge in [0.15, 0.2) is 16.4 Å². The molecule has 0 bridgehead atoms. The highest BCUT2D eigenvalue weighted by molar-refractivity contribution is 7.91. The van der Waals surface area contributed by atoms with Gasteiger partial charge in [-0.3, -0.25) is 4.79 Å². The molecule has 1 atom stereocenters.